The van der Waals surface area contributed by atoms with Gasteiger partial charge in [-0.15, -0.1) is 0 Å². The van der Waals surface area contributed by atoms with E-state index in [1.165, 1.54) is 6.08 Å². The molecule has 1 atom stereocenters. The first-order valence-electron chi connectivity index (χ1n) is 6.95. The molecule has 3 heterocycles. The zero-order chi connectivity index (χ0) is 15.7. The lowest BCUT2D eigenvalue weighted by Gasteiger charge is -2.05. The monoisotopic (exact) mass is 297 g/mol. The second-order valence-electron chi connectivity index (χ2n) is 5.22. The van der Waals surface area contributed by atoms with Crippen LogP contribution in [0.15, 0.2) is 47.6 Å². The lowest BCUT2D eigenvalue weighted by atomic mass is 10.0. The Labute approximate surface area is 127 Å². The van der Waals surface area contributed by atoms with E-state index in [1.807, 2.05) is 19.1 Å². The van der Waals surface area contributed by atoms with E-state index in [0.29, 0.717) is 11.4 Å². The molecular weight excluding hydrogens is 281 g/mol. The molecule has 0 saturated carbocycles. The fourth-order valence-corrected chi connectivity index (χ4v) is 2.31. The summed E-state index contributed by atoms with van der Waals surface area (Å²) in [5.41, 5.74) is 8.15. The van der Waals surface area contributed by atoms with Crippen LogP contribution >= 0.6 is 0 Å². The zero-order valence-corrected chi connectivity index (χ0v) is 12.3. The van der Waals surface area contributed by atoms with Crippen molar-refractivity contribution in [3.05, 3.63) is 48.2 Å². The van der Waals surface area contributed by atoms with Crippen LogP contribution in [-0.2, 0) is 0 Å². The van der Waals surface area contributed by atoms with Crippen LogP contribution < -0.4 is 5.73 Å². The number of hydrogen-bond acceptors (Lipinski definition) is 4. The van der Waals surface area contributed by atoms with Crippen LogP contribution in [0.2, 0.25) is 0 Å². The molecule has 112 valence electrons. The first-order chi connectivity index (χ1) is 10.5. The van der Waals surface area contributed by atoms with Crippen molar-refractivity contribution in [1.82, 2.24) is 15.0 Å². The maximum absolute atomic E-state index is 14.2. The molecule has 0 radical (unpaired) electrons. The summed E-state index contributed by atoms with van der Waals surface area (Å²) in [7, 11) is 0. The van der Waals surface area contributed by atoms with E-state index in [4.69, 9.17) is 5.73 Å². The van der Waals surface area contributed by atoms with Gasteiger partial charge in [0.1, 0.15) is 11.5 Å². The maximum atomic E-state index is 14.2. The van der Waals surface area contributed by atoms with Crippen molar-refractivity contribution < 1.29 is 4.39 Å². The summed E-state index contributed by atoms with van der Waals surface area (Å²) in [4.78, 5) is 15.3. The van der Waals surface area contributed by atoms with Crippen LogP contribution in [0.1, 0.15) is 19.4 Å². The molecule has 0 aromatic carbocycles. The molecule has 0 amide bonds. The molecule has 0 aliphatic carbocycles. The van der Waals surface area contributed by atoms with Crippen molar-refractivity contribution in [3.8, 4) is 0 Å². The Morgan fingerprint density at radius 1 is 1.36 bits per heavy atom. The number of aliphatic imine (C=N–C) groups is 1. The Morgan fingerprint density at radius 2 is 2.18 bits per heavy atom. The predicted molar refractivity (Wildman–Crippen MR) is 86.9 cm³/mol. The maximum Gasteiger partial charge on any atom is 0.221 e. The highest BCUT2D eigenvalue weighted by Gasteiger charge is 2.12. The quantitative estimate of drug-likeness (QED) is 0.846. The van der Waals surface area contributed by atoms with E-state index in [1.54, 1.807) is 25.5 Å². The van der Waals surface area contributed by atoms with E-state index >= 15 is 0 Å². The van der Waals surface area contributed by atoms with Gasteiger partial charge in [-0.1, -0.05) is 19.1 Å². The van der Waals surface area contributed by atoms with Gasteiger partial charge in [-0.25, -0.2) is 9.37 Å². The van der Waals surface area contributed by atoms with E-state index in [-0.39, 0.29) is 17.7 Å². The molecule has 0 fully saturated rings. The van der Waals surface area contributed by atoms with E-state index in [2.05, 4.69) is 19.9 Å². The molecule has 3 N–H and O–H groups in total. The first-order valence-corrected chi connectivity index (χ1v) is 6.95. The minimum Gasteiger partial charge on any atom is -0.368 e. The number of halogens is 1. The summed E-state index contributed by atoms with van der Waals surface area (Å²) in [6, 6.07) is 0. The molecule has 0 bridgehead atoms. The van der Waals surface area contributed by atoms with Crippen LogP contribution in [0.5, 0.6) is 0 Å². The van der Waals surface area contributed by atoms with Crippen molar-refractivity contribution in [2.45, 2.75) is 13.8 Å². The molecule has 0 spiro atoms. The number of nitrogens with one attached hydrogen (secondary N) is 1. The number of anilines is 1. The highest BCUT2D eigenvalue weighted by atomic mass is 19.1. The molecule has 1 aliphatic rings. The number of fused-ring (bicyclic) bond motifs is 1. The summed E-state index contributed by atoms with van der Waals surface area (Å²) in [5.74, 6) is -0.0468. The second kappa shape index (κ2) is 5.55. The molecule has 5 nitrogen and oxygen atoms in total. The molecular formula is C16H16FN5. The Balaban J connectivity index is 2.18. The zero-order valence-electron chi connectivity index (χ0n) is 12.3. The summed E-state index contributed by atoms with van der Waals surface area (Å²) >= 11 is 0. The third-order valence-corrected chi connectivity index (χ3v) is 3.49. The third kappa shape index (κ3) is 2.67. The van der Waals surface area contributed by atoms with E-state index < -0.39 is 0 Å². The molecule has 1 aliphatic heterocycles. The van der Waals surface area contributed by atoms with Crippen molar-refractivity contribution in [3.63, 3.8) is 0 Å². The number of allylic oxidation sites excluding steroid dienone is 5. The number of nitrogens with two attached hydrogens (primary N) is 1. The van der Waals surface area contributed by atoms with Crippen molar-refractivity contribution in [2.24, 2.45) is 10.9 Å². The summed E-state index contributed by atoms with van der Waals surface area (Å²) in [5, 5.41) is 0.800. The third-order valence-electron chi connectivity index (χ3n) is 3.49. The van der Waals surface area contributed by atoms with Crippen LogP contribution in [0, 0.1) is 5.92 Å². The van der Waals surface area contributed by atoms with Crippen LogP contribution in [0.4, 0.5) is 10.3 Å². The average Bonchev–Trinajstić information content (AvgIpc) is 2.89. The molecule has 2 aromatic rings. The standard InChI is InChI=1S/C16H16FN5/c1-9-3-4-19-10(2)14(17)6-11(5-9)12-7-20-15-13(12)8-21-16(18)22-15/h3-9H,1-2H3,(H3,18,20,21,22)/b4-3-,11-5+,14-6+,19-10-/t9-/m0/s1. The first kappa shape index (κ1) is 14.2. The van der Waals surface area contributed by atoms with Crippen molar-refractivity contribution in [1.29, 1.82) is 0 Å². The Morgan fingerprint density at radius 3 is 3.00 bits per heavy atom. The molecule has 0 unspecified atom stereocenters. The number of nitrogens with zero attached hydrogens (tertiary/aromatic N) is 3. The number of hydrogen-bond donors (Lipinski definition) is 2. The largest absolute Gasteiger partial charge is 0.368 e. The van der Waals surface area contributed by atoms with Crippen LogP contribution in [0.3, 0.4) is 0 Å². The SMILES string of the molecule is CC1=N/C=C\[C@H](C)\C=C(c2c[nH]c3nc(N)ncc23)/C=C\1F. The van der Waals surface area contributed by atoms with Crippen LogP contribution in [-0.4, -0.2) is 20.7 Å². The Hall–Kier alpha value is -2.76. The summed E-state index contributed by atoms with van der Waals surface area (Å²) < 4.78 is 14.2. The summed E-state index contributed by atoms with van der Waals surface area (Å²) in [6.07, 6.45) is 10.4. The predicted octanol–water partition coefficient (Wildman–Crippen LogP) is 3.40. The lowest BCUT2D eigenvalue weighted by Crippen LogP contribution is -1.94. The minimum atomic E-state index is -0.365. The fourth-order valence-electron chi connectivity index (χ4n) is 2.31. The number of rotatable bonds is 1. The number of aromatic nitrogens is 3. The Kier molecular flexibility index (Phi) is 3.58. The second-order valence-corrected chi connectivity index (χ2v) is 5.22. The molecule has 22 heavy (non-hydrogen) atoms. The van der Waals surface area contributed by atoms with Gasteiger partial charge in [0.2, 0.25) is 5.95 Å². The number of nitrogen functional groups attached to an aromatic ring is 1. The van der Waals surface area contributed by atoms with E-state index in [9.17, 15) is 4.39 Å². The summed E-state index contributed by atoms with van der Waals surface area (Å²) in [6.45, 7) is 3.66. The van der Waals surface area contributed by atoms with Gasteiger partial charge in [0, 0.05) is 29.5 Å². The average molecular weight is 297 g/mol. The Bertz CT molecular complexity index is 841. The number of aromatic amines is 1. The van der Waals surface area contributed by atoms with Gasteiger partial charge < -0.3 is 10.7 Å². The van der Waals surface area contributed by atoms with Gasteiger partial charge in [0.15, 0.2) is 0 Å². The van der Waals surface area contributed by atoms with Crippen molar-refractivity contribution in [2.75, 3.05) is 5.73 Å². The number of H-pyrrole nitrogens is 1. The van der Waals surface area contributed by atoms with Gasteiger partial charge in [-0.2, -0.15) is 4.98 Å². The molecule has 3 rings (SSSR count). The minimum absolute atomic E-state index is 0.119. The van der Waals surface area contributed by atoms with Gasteiger partial charge in [-0.05, 0) is 24.5 Å². The van der Waals surface area contributed by atoms with Gasteiger partial charge in [0.25, 0.3) is 0 Å². The van der Waals surface area contributed by atoms with Crippen molar-refractivity contribution >= 4 is 28.3 Å². The smallest absolute Gasteiger partial charge is 0.221 e. The van der Waals surface area contributed by atoms with Gasteiger partial charge in [-0.3, -0.25) is 4.99 Å². The van der Waals surface area contributed by atoms with E-state index in [0.717, 1.165) is 16.5 Å². The molecule has 2 aromatic heterocycles. The highest BCUT2D eigenvalue weighted by Crippen LogP contribution is 2.28. The highest BCUT2D eigenvalue weighted by molar-refractivity contribution is 6.01. The normalized spacial score (nSPS) is 27.6. The van der Waals surface area contributed by atoms with Gasteiger partial charge in [0.05, 0.1) is 5.71 Å². The molecule has 6 heteroatoms. The van der Waals surface area contributed by atoms with Gasteiger partial charge >= 0.3 is 0 Å². The topological polar surface area (TPSA) is 80.0 Å². The lowest BCUT2D eigenvalue weighted by molar-refractivity contribution is 0.681. The van der Waals surface area contributed by atoms with Crippen LogP contribution in [0.25, 0.3) is 16.6 Å². The fraction of sp³-hybridized carbons (Fsp3) is 0.188. The molecule has 0 saturated heterocycles.